The molecule has 3 aromatic carbocycles. The molecule has 12 heteroatoms. The number of nitro groups is 3. The third-order valence-corrected chi connectivity index (χ3v) is 4.59. The molecule has 158 valence electrons. The van der Waals surface area contributed by atoms with Crippen LogP contribution in [0, 0.1) is 30.3 Å². The van der Waals surface area contributed by atoms with Gasteiger partial charge in [-0.05, 0) is 34.9 Å². The van der Waals surface area contributed by atoms with E-state index in [9.17, 15) is 45.7 Å². The number of rotatable bonds is 6. The monoisotopic (exact) mass is 427 g/mol. The summed E-state index contributed by atoms with van der Waals surface area (Å²) >= 11 is 0. The van der Waals surface area contributed by atoms with Gasteiger partial charge in [0.25, 0.3) is 0 Å². The molecule has 0 fully saturated rings. The van der Waals surface area contributed by atoms with Crippen LogP contribution in [0.1, 0.15) is 22.6 Å². The molecule has 0 saturated heterocycles. The first-order valence-electron chi connectivity index (χ1n) is 8.52. The fourth-order valence-electron chi connectivity index (χ4n) is 3.18. The van der Waals surface area contributed by atoms with Gasteiger partial charge in [-0.2, -0.15) is 0 Å². The Morgan fingerprint density at radius 2 is 0.806 bits per heavy atom. The van der Waals surface area contributed by atoms with E-state index >= 15 is 0 Å². The Hall–Kier alpha value is -4.74. The number of nitro benzene ring substituents is 3. The molecule has 0 heterocycles. The molecule has 0 amide bonds. The zero-order chi connectivity index (χ0) is 22.9. The molecule has 0 aliphatic carbocycles. The first-order valence-corrected chi connectivity index (χ1v) is 8.52. The smallest absolute Gasteiger partial charge is 0.310 e. The van der Waals surface area contributed by atoms with Gasteiger partial charge in [0.2, 0.25) is 0 Å². The fraction of sp³-hybridized carbons (Fsp3) is 0.0526. The van der Waals surface area contributed by atoms with Crippen molar-refractivity contribution in [3.05, 3.63) is 102 Å². The maximum absolute atomic E-state index is 11.2. The lowest BCUT2D eigenvalue weighted by molar-refractivity contribution is -0.386. The molecule has 12 nitrogen and oxygen atoms in total. The van der Waals surface area contributed by atoms with Crippen LogP contribution in [0.25, 0.3) is 0 Å². The van der Waals surface area contributed by atoms with Gasteiger partial charge < -0.3 is 15.3 Å². The summed E-state index contributed by atoms with van der Waals surface area (Å²) in [4.78, 5) is 31.3. The van der Waals surface area contributed by atoms with E-state index in [1.165, 1.54) is 18.2 Å². The number of hydrogen-bond acceptors (Lipinski definition) is 9. The number of nitrogens with zero attached hydrogens (tertiary/aromatic N) is 3. The first-order chi connectivity index (χ1) is 14.6. The van der Waals surface area contributed by atoms with Gasteiger partial charge in [-0.1, -0.05) is 18.2 Å². The second-order valence-electron chi connectivity index (χ2n) is 6.45. The molecule has 0 saturated carbocycles. The van der Waals surface area contributed by atoms with E-state index in [-0.39, 0.29) is 16.7 Å². The molecular formula is C19H13N3O9. The van der Waals surface area contributed by atoms with Crippen LogP contribution >= 0.6 is 0 Å². The summed E-state index contributed by atoms with van der Waals surface area (Å²) in [5.74, 6) is -2.83. The van der Waals surface area contributed by atoms with Gasteiger partial charge in [-0.25, -0.2) is 0 Å². The standard InChI is InChI=1S/C19H13N3O9/c23-16-4-1-10(7-13(16)20(26)27)19(11-2-5-17(24)14(8-11)21(28)29)12-3-6-18(25)15(9-12)22(30)31/h1-9,19,23-25H. The van der Waals surface area contributed by atoms with Crippen molar-refractivity contribution in [1.29, 1.82) is 0 Å². The molecule has 0 spiro atoms. The van der Waals surface area contributed by atoms with Gasteiger partial charge in [0.05, 0.1) is 14.8 Å². The van der Waals surface area contributed by atoms with Gasteiger partial charge in [-0.3, -0.25) is 30.3 Å². The summed E-state index contributed by atoms with van der Waals surface area (Å²) in [5.41, 5.74) is -1.35. The number of phenolic OH excluding ortho intramolecular Hbond substituents is 3. The van der Waals surface area contributed by atoms with Gasteiger partial charge in [0.1, 0.15) is 0 Å². The van der Waals surface area contributed by atoms with Gasteiger partial charge in [-0.15, -0.1) is 0 Å². The predicted octanol–water partition coefficient (Wildman–Crippen LogP) is 3.71. The minimum Gasteiger partial charge on any atom is -0.502 e. The maximum Gasteiger partial charge on any atom is 0.310 e. The third kappa shape index (κ3) is 4.03. The molecular weight excluding hydrogens is 414 g/mol. The number of aromatic hydroxyl groups is 3. The molecule has 0 atom stereocenters. The van der Waals surface area contributed by atoms with Crippen molar-refractivity contribution in [3.8, 4) is 17.2 Å². The molecule has 3 N–H and O–H groups in total. The van der Waals surface area contributed by atoms with Crippen molar-refractivity contribution in [2.75, 3.05) is 0 Å². The molecule has 0 aliphatic rings. The third-order valence-electron chi connectivity index (χ3n) is 4.59. The number of phenols is 3. The highest BCUT2D eigenvalue weighted by atomic mass is 16.6. The fourth-order valence-corrected chi connectivity index (χ4v) is 3.18. The van der Waals surface area contributed by atoms with E-state index in [2.05, 4.69) is 0 Å². The Balaban J connectivity index is 2.31. The van der Waals surface area contributed by atoms with Crippen molar-refractivity contribution >= 4 is 17.1 Å². The maximum atomic E-state index is 11.2. The molecule has 0 radical (unpaired) electrons. The quantitative estimate of drug-likeness (QED) is 0.299. The van der Waals surface area contributed by atoms with Crippen LogP contribution in [-0.2, 0) is 0 Å². The lowest BCUT2D eigenvalue weighted by Gasteiger charge is -2.19. The first kappa shape index (κ1) is 21.0. The van der Waals surface area contributed by atoms with Gasteiger partial charge in [0, 0.05) is 24.1 Å². The molecule has 31 heavy (non-hydrogen) atoms. The van der Waals surface area contributed by atoms with Crippen LogP contribution in [0.5, 0.6) is 17.2 Å². The van der Waals surface area contributed by atoms with Crippen molar-refractivity contribution in [3.63, 3.8) is 0 Å². The van der Waals surface area contributed by atoms with Crippen molar-refractivity contribution in [2.45, 2.75) is 5.92 Å². The van der Waals surface area contributed by atoms with Crippen LogP contribution < -0.4 is 0 Å². The van der Waals surface area contributed by atoms with E-state index in [0.29, 0.717) is 0 Å². The highest BCUT2D eigenvalue weighted by Crippen LogP contribution is 2.41. The van der Waals surface area contributed by atoms with Crippen LogP contribution in [-0.4, -0.2) is 30.1 Å². The van der Waals surface area contributed by atoms with Crippen molar-refractivity contribution < 1.29 is 30.1 Å². The molecule has 0 aliphatic heterocycles. The topological polar surface area (TPSA) is 190 Å². The van der Waals surface area contributed by atoms with Gasteiger partial charge in [0.15, 0.2) is 17.2 Å². The van der Waals surface area contributed by atoms with Gasteiger partial charge >= 0.3 is 17.1 Å². The van der Waals surface area contributed by atoms with Crippen molar-refractivity contribution in [2.24, 2.45) is 0 Å². The summed E-state index contributed by atoms with van der Waals surface area (Å²) in [6.07, 6.45) is 0. The molecule has 0 aromatic heterocycles. The number of hydrogen-bond donors (Lipinski definition) is 3. The minimum atomic E-state index is -1.00. The zero-order valence-electron chi connectivity index (χ0n) is 15.4. The van der Waals surface area contributed by atoms with Crippen molar-refractivity contribution in [1.82, 2.24) is 0 Å². The molecule has 3 aromatic rings. The Morgan fingerprint density at radius 1 is 0.548 bits per heavy atom. The summed E-state index contributed by atoms with van der Waals surface area (Å²) in [6.45, 7) is 0. The highest BCUT2D eigenvalue weighted by molar-refractivity contribution is 5.58. The van der Waals surface area contributed by atoms with Crippen LogP contribution in [0.3, 0.4) is 0 Å². The second-order valence-corrected chi connectivity index (χ2v) is 6.45. The average Bonchev–Trinajstić information content (AvgIpc) is 2.71. The lowest BCUT2D eigenvalue weighted by Crippen LogP contribution is -2.06. The molecule has 0 unspecified atom stereocenters. The van der Waals surface area contributed by atoms with Crippen LogP contribution in [0.4, 0.5) is 17.1 Å². The Kier molecular flexibility index (Phi) is 5.38. The molecule has 0 bridgehead atoms. The highest BCUT2D eigenvalue weighted by Gasteiger charge is 2.27. The van der Waals surface area contributed by atoms with E-state index in [0.717, 1.165) is 36.4 Å². The average molecular weight is 427 g/mol. The van der Waals surface area contributed by atoms with Crippen LogP contribution in [0.15, 0.2) is 54.6 Å². The normalized spacial score (nSPS) is 10.7. The predicted molar refractivity (Wildman–Crippen MR) is 105 cm³/mol. The van der Waals surface area contributed by atoms with E-state index < -0.39 is 55.0 Å². The summed E-state index contributed by atoms with van der Waals surface area (Å²) in [7, 11) is 0. The second kappa shape index (κ2) is 7.94. The Bertz CT molecular complexity index is 1080. The van der Waals surface area contributed by atoms with E-state index in [4.69, 9.17) is 0 Å². The number of benzene rings is 3. The summed E-state index contributed by atoms with van der Waals surface area (Å²) < 4.78 is 0. The Morgan fingerprint density at radius 3 is 1.03 bits per heavy atom. The van der Waals surface area contributed by atoms with E-state index in [1.54, 1.807) is 0 Å². The molecule has 3 rings (SSSR count). The summed E-state index contributed by atoms with van der Waals surface area (Å²) in [5, 5.41) is 63.0. The van der Waals surface area contributed by atoms with Crippen LogP contribution in [0.2, 0.25) is 0 Å². The minimum absolute atomic E-state index is 0.185. The SMILES string of the molecule is O=[N+]([O-])c1cc(C(c2ccc(O)c([N+](=O)[O-])c2)c2ccc(O)c([N+](=O)[O-])c2)ccc1O. The Labute approximate surface area is 172 Å². The zero-order valence-corrected chi connectivity index (χ0v) is 15.4. The summed E-state index contributed by atoms with van der Waals surface area (Å²) in [6, 6.07) is 10.3. The lowest BCUT2D eigenvalue weighted by atomic mass is 9.84. The largest absolute Gasteiger partial charge is 0.502 e. The van der Waals surface area contributed by atoms with E-state index in [1.807, 2.05) is 0 Å².